The Bertz CT molecular complexity index is 368. The molecule has 0 aromatic heterocycles. The molecular weight excluding hydrogens is 342 g/mol. The van der Waals surface area contributed by atoms with E-state index in [4.69, 9.17) is 10.8 Å². The van der Waals surface area contributed by atoms with Crippen molar-refractivity contribution in [2.75, 3.05) is 6.54 Å². The predicted molar refractivity (Wildman–Crippen MR) is 85.9 cm³/mol. The van der Waals surface area contributed by atoms with E-state index in [1.165, 1.54) is 0 Å². The van der Waals surface area contributed by atoms with Gasteiger partial charge < -0.3 is 10.8 Å². The zero-order chi connectivity index (χ0) is 16.9. The number of aliphatic imine (C=N–C) groups is 1. The molecule has 0 atom stereocenters. The number of imide groups is 1. The molecule has 0 aliphatic rings. The van der Waals surface area contributed by atoms with Crippen molar-refractivity contribution in [3.8, 4) is 0 Å². The van der Waals surface area contributed by atoms with Gasteiger partial charge in [0, 0.05) is 0 Å². The number of carboxylic acid groups (broad SMARTS) is 1. The lowest BCUT2D eigenvalue weighted by Gasteiger charge is -2.21. The van der Waals surface area contributed by atoms with Crippen molar-refractivity contribution in [1.29, 1.82) is 0 Å². The van der Waals surface area contributed by atoms with E-state index in [1.807, 2.05) is 26.1 Å². The second-order valence-corrected chi connectivity index (χ2v) is 5.71. The van der Waals surface area contributed by atoms with Crippen molar-refractivity contribution >= 4 is 40.1 Å². The Morgan fingerprint density at radius 3 is 2.14 bits per heavy atom. The molecule has 0 aliphatic heterocycles. The minimum atomic E-state index is -0.873. The van der Waals surface area contributed by atoms with Gasteiger partial charge in [-0.05, 0) is 25.5 Å². The standard InChI is InChI=1S/C7H13BrN2O2.C6H11NO2/c1-3-7(8,4-2)5(11)10-6(9)12;1-2-3-4-7-5-6(8)9/h3-4H2,1-2H3,(H3,9,10,11,12);4H,2-3,5H2,1H3,(H,8,9). The number of aliphatic carboxylic acids is 1. The van der Waals surface area contributed by atoms with Crippen LogP contribution in [0.5, 0.6) is 0 Å². The van der Waals surface area contributed by atoms with Gasteiger partial charge in [0.15, 0.2) is 0 Å². The zero-order valence-corrected chi connectivity index (χ0v) is 14.3. The van der Waals surface area contributed by atoms with E-state index < -0.39 is 16.3 Å². The summed E-state index contributed by atoms with van der Waals surface area (Å²) in [6.45, 7) is 5.64. The van der Waals surface area contributed by atoms with E-state index >= 15 is 0 Å². The van der Waals surface area contributed by atoms with Gasteiger partial charge in [-0.25, -0.2) is 4.79 Å². The van der Waals surface area contributed by atoms with Gasteiger partial charge in [-0.15, -0.1) is 0 Å². The van der Waals surface area contributed by atoms with Crippen LogP contribution in [-0.2, 0) is 9.59 Å². The van der Waals surface area contributed by atoms with Crippen molar-refractivity contribution in [2.45, 2.75) is 50.8 Å². The normalized spacial score (nSPS) is 10.7. The van der Waals surface area contributed by atoms with Crippen molar-refractivity contribution in [1.82, 2.24) is 5.32 Å². The number of carboxylic acids is 1. The number of nitrogens with zero attached hydrogens (tertiary/aromatic N) is 1. The largest absolute Gasteiger partial charge is 0.480 e. The van der Waals surface area contributed by atoms with Crippen LogP contribution in [0, 0.1) is 0 Å². The first-order chi connectivity index (χ1) is 9.73. The lowest BCUT2D eigenvalue weighted by Crippen LogP contribution is -2.46. The summed E-state index contributed by atoms with van der Waals surface area (Å²) in [5.74, 6) is -1.25. The molecule has 0 spiro atoms. The highest BCUT2D eigenvalue weighted by atomic mass is 79.9. The van der Waals surface area contributed by atoms with Crippen LogP contribution in [-0.4, -0.2) is 40.1 Å². The highest BCUT2D eigenvalue weighted by Gasteiger charge is 2.32. The Labute approximate surface area is 133 Å². The van der Waals surface area contributed by atoms with Crippen molar-refractivity contribution in [2.24, 2.45) is 10.7 Å². The topological polar surface area (TPSA) is 122 Å². The maximum atomic E-state index is 11.3. The van der Waals surface area contributed by atoms with Gasteiger partial charge in [-0.3, -0.25) is 19.9 Å². The quantitative estimate of drug-likeness (QED) is 0.472. The van der Waals surface area contributed by atoms with Crippen LogP contribution in [0.2, 0.25) is 0 Å². The number of unbranched alkanes of at least 4 members (excludes halogenated alkanes) is 1. The second kappa shape index (κ2) is 12.3. The molecule has 0 aromatic rings. The van der Waals surface area contributed by atoms with Crippen molar-refractivity contribution in [3.05, 3.63) is 0 Å². The highest BCUT2D eigenvalue weighted by molar-refractivity contribution is 9.10. The predicted octanol–water partition coefficient (Wildman–Crippen LogP) is 2.08. The fourth-order valence-electron chi connectivity index (χ4n) is 1.16. The zero-order valence-electron chi connectivity index (χ0n) is 12.7. The van der Waals surface area contributed by atoms with E-state index in [-0.39, 0.29) is 12.5 Å². The van der Waals surface area contributed by atoms with Gasteiger partial charge in [0.25, 0.3) is 0 Å². The number of hydrogen-bond donors (Lipinski definition) is 3. The Kier molecular flexibility index (Phi) is 12.8. The number of urea groups is 1. The fourth-order valence-corrected chi connectivity index (χ4v) is 1.26. The first-order valence-corrected chi connectivity index (χ1v) is 7.52. The maximum Gasteiger partial charge on any atom is 0.325 e. The number of rotatable bonds is 7. The number of halogens is 1. The minimum absolute atomic E-state index is 0.0972. The fraction of sp³-hybridized carbons (Fsp3) is 0.692. The van der Waals surface area contributed by atoms with Crippen LogP contribution in [0.3, 0.4) is 0 Å². The van der Waals surface area contributed by atoms with Crippen LogP contribution in [0.1, 0.15) is 46.5 Å². The van der Waals surface area contributed by atoms with Crippen LogP contribution in [0.15, 0.2) is 4.99 Å². The van der Waals surface area contributed by atoms with E-state index in [9.17, 15) is 14.4 Å². The van der Waals surface area contributed by atoms with E-state index in [1.54, 1.807) is 6.21 Å². The summed E-state index contributed by atoms with van der Waals surface area (Å²) >= 11 is 3.26. The second-order valence-electron chi connectivity index (χ2n) is 4.20. The molecular formula is C13H24BrN3O4. The van der Waals surface area contributed by atoms with E-state index in [0.29, 0.717) is 12.8 Å². The molecule has 0 radical (unpaired) electrons. The summed E-state index contributed by atoms with van der Waals surface area (Å²) in [7, 11) is 0. The van der Waals surface area contributed by atoms with Gasteiger partial charge >= 0.3 is 12.0 Å². The third kappa shape index (κ3) is 12.0. The van der Waals surface area contributed by atoms with Gasteiger partial charge in [-0.2, -0.15) is 0 Å². The third-order valence-electron chi connectivity index (χ3n) is 2.54. The van der Waals surface area contributed by atoms with Gasteiger partial charge in [0.1, 0.15) is 10.9 Å². The molecule has 4 N–H and O–H groups in total. The Balaban J connectivity index is 0. The Morgan fingerprint density at radius 1 is 1.29 bits per heavy atom. The molecule has 3 amide bonds. The molecule has 0 heterocycles. The molecule has 7 nitrogen and oxygen atoms in total. The molecule has 0 saturated heterocycles. The van der Waals surface area contributed by atoms with Gasteiger partial charge in [0.05, 0.1) is 0 Å². The molecule has 0 fully saturated rings. The van der Waals surface area contributed by atoms with Crippen LogP contribution >= 0.6 is 15.9 Å². The number of hydrogen-bond acceptors (Lipinski definition) is 4. The summed E-state index contributed by atoms with van der Waals surface area (Å²) in [6, 6.07) is -0.814. The van der Waals surface area contributed by atoms with Crippen LogP contribution in [0.25, 0.3) is 0 Å². The molecule has 0 bridgehead atoms. The molecule has 0 aromatic carbocycles. The Morgan fingerprint density at radius 2 is 1.81 bits per heavy atom. The third-order valence-corrected chi connectivity index (χ3v) is 4.02. The number of carbonyl (C=O) groups is 3. The van der Waals surface area contributed by atoms with Crippen LogP contribution < -0.4 is 11.1 Å². The number of amides is 3. The monoisotopic (exact) mass is 365 g/mol. The molecule has 8 heteroatoms. The number of nitrogens with one attached hydrogen (secondary N) is 1. The average Bonchev–Trinajstić information content (AvgIpc) is 2.42. The molecule has 122 valence electrons. The van der Waals surface area contributed by atoms with E-state index in [2.05, 4.69) is 20.9 Å². The summed E-state index contributed by atoms with van der Waals surface area (Å²) in [4.78, 5) is 35.1. The molecule has 0 aliphatic carbocycles. The van der Waals surface area contributed by atoms with Crippen molar-refractivity contribution in [3.63, 3.8) is 0 Å². The summed E-state index contributed by atoms with van der Waals surface area (Å²) in [6.07, 6.45) is 4.76. The van der Waals surface area contributed by atoms with Crippen molar-refractivity contribution < 1.29 is 19.5 Å². The smallest absolute Gasteiger partial charge is 0.325 e. The molecule has 0 unspecified atom stereocenters. The lowest BCUT2D eigenvalue weighted by molar-refractivity contribution is -0.135. The number of nitrogens with two attached hydrogens (primary N) is 1. The molecule has 21 heavy (non-hydrogen) atoms. The summed E-state index contributed by atoms with van der Waals surface area (Å²) in [5.41, 5.74) is 4.81. The molecule has 0 rings (SSSR count). The maximum absolute atomic E-state index is 11.3. The molecule has 0 saturated carbocycles. The summed E-state index contributed by atoms with van der Waals surface area (Å²) in [5, 5.41) is 10.1. The summed E-state index contributed by atoms with van der Waals surface area (Å²) < 4.78 is -0.665. The lowest BCUT2D eigenvalue weighted by atomic mass is 10.0. The number of carbonyl (C=O) groups excluding carboxylic acids is 2. The minimum Gasteiger partial charge on any atom is -0.480 e. The number of primary amides is 1. The SMILES string of the molecule is CCC(Br)(CC)C(=O)NC(N)=O.CCCC=NCC(=O)O. The van der Waals surface area contributed by atoms with Gasteiger partial charge in [0.2, 0.25) is 5.91 Å². The van der Waals surface area contributed by atoms with Gasteiger partial charge in [-0.1, -0.05) is 43.1 Å². The first-order valence-electron chi connectivity index (χ1n) is 6.73. The van der Waals surface area contributed by atoms with E-state index in [0.717, 1.165) is 12.8 Å². The average molecular weight is 366 g/mol. The number of alkyl halides is 1. The Hall–Kier alpha value is -1.44. The first kappa shape index (κ1) is 21.9. The van der Waals surface area contributed by atoms with Crippen LogP contribution in [0.4, 0.5) is 4.79 Å². The highest BCUT2D eigenvalue weighted by Crippen LogP contribution is 2.26.